The van der Waals surface area contributed by atoms with Crippen molar-refractivity contribution in [2.75, 3.05) is 7.11 Å². The van der Waals surface area contributed by atoms with E-state index < -0.39 is 0 Å². The largest absolute Gasteiger partial charge is 0.356 e. The Hall–Kier alpha value is -0.0800. The van der Waals surface area contributed by atoms with Crippen LogP contribution in [0.1, 0.15) is 34.6 Å². The minimum Gasteiger partial charge on any atom is -0.356 e. The minimum atomic E-state index is -0.107. The molecular formula is C9H20O2. The highest BCUT2D eigenvalue weighted by atomic mass is 16.7. The van der Waals surface area contributed by atoms with Gasteiger partial charge in [-0.05, 0) is 19.3 Å². The first-order valence-corrected chi connectivity index (χ1v) is 4.06. The van der Waals surface area contributed by atoms with Crippen molar-refractivity contribution in [3.8, 4) is 0 Å². The van der Waals surface area contributed by atoms with Gasteiger partial charge in [0.05, 0.1) is 6.10 Å². The first-order valence-electron chi connectivity index (χ1n) is 4.06. The molecule has 68 valence electrons. The van der Waals surface area contributed by atoms with Gasteiger partial charge >= 0.3 is 0 Å². The Morgan fingerprint density at radius 3 is 1.82 bits per heavy atom. The van der Waals surface area contributed by atoms with Crippen LogP contribution >= 0.6 is 0 Å². The van der Waals surface area contributed by atoms with Crippen LogP contribution in [0.4, 0.5) is 0 Å². The third-order valence-electron chi connectivity index (χ3n) is 1.95. The van der Waals surface area contributed by atoms with E-state index in [0.717, 1.165) is 0 Å². The molecule has 0 saturated heterocycles. The third-order valence-corrected chi connectivity index (χ3v) is 1.95. The zero-order valence-corrected chi connectivity index (χ0v) is 8.47. The van der Waals surface area contributed by atoms with Gasteiger partial charge in [0.25, 0.3) is 0 Å². The molecule has 0 heterocycles. The van der Waals surface area contributed by atoms with Crippen molar-refractivity contribution >= 4 is 0 Å². The summed E-state index contributed by atoms with van der Waals surface area (Å²) < 4.78 is 10.5. The number of ether oxygens (including phenoxy) is 2. The molecule has 2 heteroatoms. The molecule has 0 fully saturated rings. The summed E-state index contributed by atoms with van der Waals surface area (Å²) in [5, 5.41) is 0. The average Bonchev–Trinajstić information content (AvgIpc) is 1.85. The Balaban J connectivity index is 3.77. The molecule has 0 bridgehead atoms. The molecule has 2 atom stereocenters. The van der Waals surface area contributed by atoms with Crippen molar-refractivity contribution in [2.45, 2.75) is 47.0 Å². The van der Waals surface area contributed by atoms with Crippen LogP contribution in [0.5, 0.6) is 0 Å². The first kappa shape index (κ1) is 10.9. The lowest BCUT2D eigenvalue weighted by Gasteiger charge is -2.29. The fraction of sp³-hybridized carbons (Fsp3) is 1.00. The molecule has 0 N–H and O–H groups in total. The normalized spacial score (nSPS) is 18.0. The van der Waals surface area contributed by atoms with Gasteiger partial charge in [-0.1, -0.05) is 20.8 Å². The summed E-state index contributed by atoms with van der Waals surface area (Å²) in [4.78, 5) is 0. The molecule has 0 aliphatic rings. The topological polar surface area (TPSA) is 18.5 Å². The summed E-state index contributed by atoms with van der Waals surface area (Å²) in [6.07, 6.45) is 0.113. The zero-order chi connectivity index (χ0) is 9.07. The Bertz CT molecular complexity index is 105. The maximum Gasteiger partial charge on any atom is 0.154 e. The van der Waals surface area contributed by atoms with Gasteiger partial charge in [-0.2, -0.15) is 0 Å². The summed E-state index contributed by atoms with van der Waals surface area (Å²) in [6.45, 7) is 10.4. The fourth-order valence-electron chi connectivity index (χ4n) is 0.547. The van der Waals surface area contributed by atoms with Gasteiger partial charge in [0.1, 0.15) is 0 Å². The van der Waals surface area contributed by atoms with Gasteiger partial charge in [0, 0.05) is 7.11 Å². The number of hydrogen-bond donors (Lipinski definition) is 0. The van der Waals surface area contributed by atoms with Crippen LogP contribution in [-0.2, 0) is 9.47 Å². The smallest absolute Gasteiger partial charge is 0.154 e. The summed E-state index contributed by atoms with van der Waals surface area (Å²) in [5.41, 5.74) is 0.187. The lowest BCUT2D eigenvalue weighted by molar-refractivity contribution is -0.163. The molecule has 0 spiro atoms. The molecule has 2 nitrogen and oxygen atoms in total. The van der Waals surface area contributed by atoms with E-state index in [1.54, 1.807) is 7.11 Å². The summed E-state index contributed by atoms with van der Waals surface area (Å²) in [7, 11) is 1.65. The Labute approximate surface area is 69.9 Å². The van der Waals surface area contributed by atoms with E-state index in [0.29, 0.717) is 0 Å². The molecule has 0 aliphatic carbocycles. The van der Waals surface area contributed by atoms with Gasteiger partial charge in [-0.25, -0.2) is 0 Å². The minimum absolute atomic E-state index is 0.107. The van der Waals surface area contributed by atoms with E-state index in [-0.39, 0.29) is 17.8 Å². The number of hydrogen-bond acceptors (Lipinski definition) is 2. The van der Waals surface area contributed by atoms with Crippen LogP contribution < -0.4 is 0 Å². The SMILES string of the molecule is COC(C)OC(C)C(C)(C)C. The van der Waals surface area contributed by atoms with Crippen LogP contribution in [-0.4, -0.2) is 19.5 Å². The number of methoxy groups -OCH3 is 1. The molecule has 0 radical (unpaired) electrons. The number of rotatable bonds is 3. The van der Waals surface area contributed by atoms with Crippen LogP contribution in [0, 0.1) is 5.41 Å². The maximum absolute atomic E-state index is 5.54. The second kappa shape index (κ2) is 4.07. The Morgan fingerprint density at radius 1 is 1.09 bits per heavy atom. The quantitative estimate of drug-likeness (QED) is 0.590. The van der Waals surface area contributed by atoms with Gasteiger partial charge in [-0.3, -0.25) is 0 Å². The summed E-state index contributed by atoms with van der Waals surface area (Å²) >= 11 is 0. The van der Waals surface area contributed by atoms with Crippen LogP contribution in [0.25, 0.3) is 0 Å². The molecule has 0 amide bonds. The predicted molar refractivity (Wildman–Crippen MR) is 46.5 cm³/mol. The van der Waals surface area contributed by atoms with Crippen LogP contribution in [0.2, 0.25) is 0 Å². The molecule has 2 unspecified atom stereocenters. The predicted octanol–water partition coefficient (Wildman–Crippen LogP) is 2.43. The van der Waals surface area contributed by atoms with E-state index in [4.69, 9.17) is 9.47 Å². The van der Waals surface area contributed by atoms with E-state index in [9.17, 15) is 0 Å². The molecule has 11 heavy (non-hydrogen) atoms. The molecule has 0 aromatic rings. The van der Waals surface area contributed by atoms with Crippen LogP contribution in [0.15, 0.2) is 0 Å². The Morgan fingerprint density at radius 2 is 1.55 bits per heavy atom. The van der Waals surface area contributed by atoms with E-state index >= 15 is 0 Å². The summed E-state index contributed by atoms with van der Waals surface area (Å²) in [5.74, 6) is 0. The lowest BCUT2D eigenvalue weighted by Crippen LogP contribution is -2.30. The molecular weight excluding hydrogens is 140 g/mol. The van der Waals surface area contributed by atoms with Crippen molar-refractivity contribution in [2.24, 2.45) is 5.41 Å². The first-order chi connectivity index (χ1) is 4.88. The van der Waals surface area contributed by atoms with Gasteiger partial charge < -0.3 is 9.47 Å². The van der Waals surface area contributed by atoms with Gasteiger partial charge in [0.15, 0.2) is 6.29 Å². The van der Waals surface area contributed by atoms with Crippen LogP contribution in [0.3, 0.4) is 0 Å². The zero-order valence-electron chi connectivity index (χ0n) is 8.47. The second-order valence-electron chi connectivity index (χ2n) is 3.95. The fourth-order valence-corrected chi connectivity index (χ4v) is 0.547. The Kier molecular flexibility index (Phi) is 4.04. The molecule has 0 aromatic heterocycles. The average molecular weight is 160 g/mol. The second-order valence-corrected chi connectivity index (χ2v) is 3.95. The third kappa shape index (κ3) is 4.38. The maximum atomic E-state index is 5.54. The van der Waals surface area contributed by atoms with Gasteiger partial charge in [-0.15, -0.1) is 0 Å². The van der Waals surface area contributed by atoms with Crippen molar-refractivity contribution < 1.29 is 9.47 Å². The molecule has 0 saturated carbocycles. The molecule has 0 aromatic carbocycles. The monoisotopic (exact) mass is 160 g/mol. The van der Waals surface area contributed by atoms with Crippen molar-refractivity contribution in [3.63, 3.8) is 0 Å². The van der Waals surface area contributed by atoms with E-state index in [1.165, 1.54) is 0 Å². The molecule has 0 aliphatic heterocycles. The van der Waals surface area contributed by atoms with E-state index in [1.807, 2.05) is 6.92 Å². The summed E-state index contributed by atoms with van der Waals surface area (Å²) in [6, 6.07) is 0. The highest BCUT2D eigenvalue weighted by Crippen LogP contribution is 2.22. The van der Waals surface area contributed by atoms with E-state index in [2.05, 4.69) is 27.7 Å². The lowest BCUT2D eigenvalue weighted by atomic mass is 9.90. The van der Waals surface area contributed by atoms with Crippen molar-refractivity contribution in [3.05, 3.63) is 0 Å². The van der Waals surface area contributed by atoms with Crippen molar-refractivity contribution in [1.82, 2.24) is 0 Å². The molecule has 0 rings (SSSR count). The highest BCUT2D eigenvalue weighted by molar-refractivity contribution is 4.69. The van der Waals surface area contributed by atoms with Crippen molar-refractivity contribution in [1.29, 1.82) is 0 Å². The highest BCUT2D eigenvalue weighted by Gasteiger charge is 2.22. The standard InChI is InChI=1S/C9H20O2/c1-7(9(3,4)5)11-8(2)10-6/h7-8H,1-6H3. The van der Waals surface area contributed by atoms with Gasteiger partial charge in [0.2, 0.25) is 0 Å².